The van der Waals surface area contributed by atoms with E-state index in [-0.39, 0.29) is 12.3 Å². The van der Waals surface area contributed by atoms with Crippen molar-refractivity contribution in [2.24, 2.45) is 0 Å². The SMILES string of the molecule is CCCCOCCCNC(=O)Cc1c(-c2ccc(Cl)cc2)nc2ccccn12. The van der Waals surface area contributed by atoms with Crippen LogP contribution in [0, 0.1) is 0 Å². The predicted molar refractivity (Wildman–Crippen MR) is 113 cm³/mol. The van der Waals surface area contributed by atoms with Crippen LogP contribution >= 0.6 is 11.6 Å². The average molecular weight is 400 g/mol. The summed E-state index contributed by atoms with van der Waals surface area (Å²) in [5, 5.41) is 3.66. The van der Waals surface area contributed by atoms with Crippen LogP contribution in [0.25, 0.3) is 16.9 Å². The van der Waals surface area contributed by atoms with Gasteiger partial charge in [0.25, 0.3) is 0 Å². The van der Waals surface area contributed by atoms with Crippen LogP contribution in [-0.4, -0.2) is 35.1 Å². The van der Waals surface area contributed by atoms with Gasteiger partial charge >= 0.3 is 0 Å². The highest BCUT2D eigenvalue weighted by molar-refractivity contribution is 6.30. The summed E-state index contributed by atoms with van der Waals surface area (Å²) in [6.45, 7) is 4.21. The number of carbonyl (C=O) groups is 1. The molecule has 5 nitrogen and oxygen atoms in total. The van der Waals surface area contributed by atoms with Gasteiger partial charge in [0.05, 0.1) is 17.8 Å². The minimum atomic E-state index is -0.0191. The van der Waals surface area contributed by atoms with Gasteiger partial charge in [0.1, 0.15) is 5.65 Å². The summed E-state index contributed by atoms with van der Waals surface area (Å²) < 4.78 is 7.50. The Labute approximate surface area is 170 Å². The molecule has 3 rings (SSSR count). The summed E-state index contributed by atoms with van der Waals surface area (Å²) in [6.07, 6.45) is 5.22. The van der Waals surface area contributed by atoms with Gasteiger partial charge in [0.2, 0.25) is 5.91 Å². The van der Waals surface area contributed by atoms with Crippen molar-refractivity contribution in [3.05, 3.63) is 59.4 Å². The van der Waals surface area contributed by atoms with Gasteiger partial charge in [-0.25, -0.2) is 4.98 Å². The zero-order chi connectivity index (χ0) is 19.8. The molecule has 0 saturated carbocycles. The molecule has 0 aliphatic carbocycles. The second kappa shape index (κ2) is 10.2. The first-order chi connectivity index (χ1) is 13.7. The van der Waals surface area contributed by atoms with Crippen molar-refractivity contribution in [1.29, 1.82) is 0 Å². The molecule has 28 heavy (non-hydrogen) atoms. The monoisotopic (exact) mass is 399 g/mol. The Kier molecular flexibility index (Phi) is 7.46. The highest BCUT2D eigenvalue weighted by Crippen LogP contribution is 2.26. The number of ether oxygens (including phenoxy) is 1. The molecule has 6 heteroatoms. The number of nitrogens with one attached hydrogen (secondary N) is 1. The van der Waals surface area contributed by atoms with Gasteiger partial charge in [-0.1, -0.05) is 43.1 Å². The molecule has 2 heterocycles. The number of rotatable bonds is 10. The molecule has 0 spiro atoms. The van der Waals surface area contributed by atoms with E-state index < -0.39 is 0 Å². The number of imidazole rings is 1. The number of pyridine rings is 1. The van der Waals surface area contributed by atoms with Crippen LogP contribution in [0.5, 0.6) is 0 Å². The summed E-state index contributed by atoms with van der Waals surface area (Å²) in [5.74, 6) is -0.0191. The normalized spacial score (nSPS) is 11.1. The van der Waals surface area contributed by atoms with Gasteiger partial charge in [-0.05, 0) is 37.1 Å². The van der Waals surface area contributed by atoms with E-state index in [0.29, 0.717) is 18.2 Å². The Bertz CT molecular complexity index is 906. The standard InChI is InChI=1S/C22H26ClN3O2/c1-2-3-14-28-15-6-12-24-21(27)16-19-22(17-8-10-18(23)11-9-17)25-20-7-4-5-13-26(19)20/h4-5,7-11,13H,2-3,6,12,14-16H2,1H3,(H,24,27). The van der Waals surface area contributed by atoms with Crippen molar-refractivity contribution in [2.45, 2.75) is 32.6 Å². The Hall–Kier alpha value is -2.37. The highest BCUT2D eigenvalue weighted by atomic mass is 35.5. The van der Waals surface area contributed by atoms with Crippen molar-refractivity contribution in [3.8, 4) is 11.3 Å². The molecular weight excluding hydrogens is 374 g/mol. The Balaban J connectivity index is 1.67. The maximum Gasteiger partial charge on any atom is 0.226 e. The Morgan fingerprint density at radius 1 is 1.14 bits per heavy atom. The summed E-state index contributed by atoms with van der Waals surface area (Å²) in [4.78, 5) is 17.2. The van der Waals surface area contributed by atoms with Gasteiger partial charge in [-0.2, -0.15) is 0 Å². The molecule has 148 valence electrons. The molecular formula is C22H26ClN3O2. The van der Waals surface area contributed by atoms with Gasteiger partial charge in [-0.3, -0.25) is 4.79 Å². The molecule has 0 fully saturated rings. The fraction of sp³-hybridized carbons (Fsp3) is 0.364. The number of hydrogen-bond acceptors (Lipinski definition) is 3. The van der Waals surface area contributed by atoms with Crippen molar-refractivity contribution >= 4 is 23.2 Å². The van der Waals surface area contributed by atoms with E-state index >= 15 is 0 Å². The van der Waals surface area contributed by atoms with Crippen LogP contribution < -0.4 is 5.32 Å². The fourth-order valence-electron chi connectivity index (χ4n) is 3.02. The summed E-state index contributed by atoms with van der Waals surface area (Å²) >= 11 is 6.01. The second-order valence-electron chi connectivity index (χ2n) is 6.69. The molecule has 0 bridgehead atoms. The van der Waals surface area contributed by atoms with E-state index in [2.05, 4.69) is 12.2 Å². The number of aromatic nitrogens is 2. The zero-order valence-electron chi connectivity index (χ0n) is 16.2. The van der Waals surface area contributed by atoms with Crippen LogP contribution in [-0.2, 0) is 16.0 Å². The van der Waals surface area contributed by atoms with Crippen molar-refractivity contribution in [2.75, 3.05) is 19.8 Å². The maximum atomic E-state index is 12.5. The quantitative estimate of drug-likeness (QED) is 0.510. The lowest BCUT2D eigenvalue weighted by Gasteiger charge is -2.08. The second-order valence-corrected chi connectivity index (χ2v) is 7.13. The number of benzene rings is 1. The molecule has 0 radical (unpaired) electrons. The van der Waals surface area contributed by atoms with Crippen molar-refractivity contribution in [1.82, 2.24) is 14.7 Å². The molecule has 1 aromatic carbocycles. The fourth-order valence-corrected chi connectivity index (χ4v) is 3.15. The molecule has 0 atom stereocenters. The Morgan fingerprint density at radius 3 is 2.71 bits per heavy atom. The van der Waals surface area contributed by atoms with Crippen LogP contribution in [0.4, 0.5) is 0 Å². The van der Waals surface area contributed by atoms with Gasteiger partial charge in [-0.15, -0.1) is 0 Å². The number of fused-ring (bicyclic) bond motifs is 1. The number of nitrogens with zero attached hydrogens (tertiary/aromatic N) is 2. The van der Waals surface area contributed by atoms with E-state index in [4.69, 9.17) is 21.3 Å². The topological polar surface area (TPSA) is 55.6 Å². The first kappa shape index (κ1) is 20.4. The predicted octanol–water partition coefficient (Wildman–Crippen LogP) is 4.52. The largest absolute Gasteiger partial charge is 0.381 e. The molecule has 2 aromatic heterocycles. The number of hydrogen-bond donors (Lipinski definition) is 1. The molecule has 0 aliphatic heterocycles. The van der Waals surface area contributed by atoms with E-state index in [1.165, 1.54) is 0 Å². The first-order valence-corrected chi connectivity index (χ1v) is 10.1. The average Bonchev–Trinajstić information content (AvgIpc) is 3.06. The van der Waals surface area contributed by atoms with Gasteiger partial charge < -0.3 is 14.5 Å². The highest BCUT2D eigenvalue weighted by Gasteiger charge is 2.16. The third-order valence-corrected chi connectivity index (χ3v) is 4.76. The lowest BCUT2D eigenvalue weighted by molar-refractivity contribution is -0.120. The zero-order valence-corrected chi connectivity index (χ0v) is 16.9. The molecule has 3 aromatic rings. The summed E-state index contributed by atoms with van der Waals surface area (Å²) in [5.41, 5.74) is 3.44. The number of unbranched alkanes of at least 4 members (excludes halogenated alkanes) is 1. The van der Waals surface area contributed by atoms with Crippen molar-refractivity contribution in [3.63, 3.8) is 0 Å². The third kappa shape index (κ3) is 5.33. The van der Waals surface area contributed by atoms with Crippen LogP contribution in [0.15, 0.2) is 48.7 Å². The van der Waals surface area contributed by atoms with Gasteiger partial charge in [0, 0.05) is 36.5 Å². The lowest BCUT2D eigenvalue weighted by atomic mass is 10.1. The van der Waals surface area contributed by atoms with E-state index in [0.717, 1.165) is 48.5 Å². The van der Waals surface area contributed by atoms with Crippen LogP contribution in [0.1, 0.15) is 31.9 Å². The van der Waals surface area contributed by atoms with Crippen LogP contribution in [0.3, 0.4) is 0 Å². The molecule has 0 aliphatic rings. The molecule has 0 unspecified atom stereocenters. The molecule has 1 N–H and O–H groups in total. The van der Waals surface area contributed by atoms with Crippen molar-refractivity contribution < 1.29 is 9.53 Å². The van der Waals surface area contributed by atoms with E-state index in [9.17, 15) is 4.79 Å². The van der Waals surface area contributed by atoms with E-state index in [1.54, 1.807) is 0 Å². The molecule has 0 saturated heterocycles. The Morgan fingerprint density at radius 2 is 1.93 bits per heavy atom. The first-order valence-electron chi connectivity index (χ1n) is 9.75. The minimum absolute atomic E-state index is 0.0191. The van der Waals surface area contributed by atoms with Gasteiger partial charge in [0.15, 0.2) is 0 Å². The number of halogens is 1. The maximum absolute atomic E-state index is 12.5. The lowest BCUT2D eigenvalue weighted by Crippen LogP contribution is -2.27. The van der Waals surface area contributed by atoms with Crippen LogP contribution in [0.2, 0.25) is 5.02 Å². The number of amides is 1. The molecule has 1 amide bonds. The summed E-state index contributed by atoms with van der Waals surface area (Å²) in [7, 11) is 0. The third-order valence-electron chi connectivity index (χ3n) is 4.50. The van der Waals surface area contributed by atoms with E-state index in [1.807, 2.05) is 53.1 Å². The minimum Gasteiger partial charge on any atom is -0.381 e. The smallest absolute Gasteiger partial charge is 0.226 e. The number of carbonyl (C=O) groups excluding carboxylic acids is 1. The summed E-state index contributed by atoms with van der Waals surface area (Å²) in [6, 6.07) is 13.4.